The van der Waals surface area contributed by atoms with Gasteiger partial charge in [-0.2, -0.15) is 0 Å². The largest absolute Gasteiger partial charge is 0.496 e. The Bertz CT molecular complexity index is 1010. The molecule has 0 amide bonds. The van der Waals surface area contributed by atoms with Gasteiger partial charge in [-0.05, 0) is 12.1 Å². The van der Waals surface area contributed by atoms with Crippen molar-refractivity contribution in [1.29, 1.82) is 0 Å². The lowest BCUT2D eigenvalue weighted by Gasteiger charge is -2.41. The van der Waals surface area contributed by atoms with E-state index < -0.39 is 42.4 Å². The molecule has 31 heavy (non-hydrogen) atoms. The Balaban J connectivity index is 2.13. The number of fused-ring (bicyclic) bond motifs is 1. The maximum absolute atomic E-state index is 11.9. The van der Waals surface area contributed by atoms with Crippen molar-refractivity contribution < 1.29 is 42.9 Å². The third-order valence-corrected chi connectivity index (χ3v) is 4.79. The first-order valence-electron chi connectivity index (χ1n) is 9.52. The highest BCUT2D eigenvalue weighted by atomic mass is 16.6. The molecule has 1 aliphatic rings. The summed E-state index contributed by atoms with van der Waals surface area (Å²) >= 11 is 0. The van der Waals surface area contributed by atoms with Gasteiger partial charge in [-0.3, -0.25) is 19.2 Å². The van der Waals surface area contributed by atoms with Gasteiger partial charge in [0.25, 0.3) is 0 Å². The molecule has 0 spiro atoms. The predicted octanol–water partition coefficient (Wildman–Crippen LogP) is 1.79. The van der Waals surface area contributed by atoms with Crippen LogP contribution in [0.1, 0.15) is 37.4 Å². The first kappa shape index (κ1) is 22.3. The van der Waals surface area contributed by atoms with Crippen LogP contribution in [0.4, 0.5) is 0 Å². The van der Waals surface area contributed by atoms with E-state index in [2.05, 4.69) is 0 Å². The van der Waals surface area contributed by atoms with Crippen LogP contribution in [0, 0.1) is 0 Å². The van der Waals surface area contributed by atoms with Gasteiger partial charge in [0.2, 0.25) is 0 Å². The molecule has 0 N–H and O–H groups in total. The maximum Gasteiger partial charge on any atom is 0.303 e. The van der Waals surface area contributed by atoms with E-state index in [1.807, 2.05) is 0 Å². The van der Waals surface area contributed by atoms with Crippen LogP contribution in [-0.4, -0.2) is 60.8 Å². The summed E-state index contributed by atoms with van der Waals surface area (Å²) in [6, 6.07) is 5.20. The quantitative estimate of drug-likeness (QED) is 0.381. The van der Waals surface area contributed by atoms with Gasteiger partial charge in [0.1, 0.15) is 5.75 Å². The van der Waals surface area contributed by atoms with Crippen molar-refractivity contribution in [2.24, 2.45) is 0 Å². The van der Waals surface area contributed by atoms with Crippen LogP contribution in [-0.2, 0) is 33.3 Å². The molecular formula is C21H23NO9. The van der Waals surface area contributed by atoms with Crippen LogP contribution in [0.25, 0.3) is 10.9 Å². The third-order valence-electron chi connectivity index (χ3n) is 4.79. The average Bonchev–Trinajstić information content (AvgIpc) is 3.08. The molecule has 0 aliphatic carbocycles. The fourth-order valence-electron chi connectivity index (χ4n) is 3.74. The zero-order chi connectivity index (χ0) is 22.7. The normalized spacial score (nSPS) is 23.1. The van der Waals surface area contributed by atoms with E-state index in [9.17, 15) is 19.2 Å². The van der Waals surface area contributed by atoms with Crippen LogP contribution in [0.5, 0.6) is 5.75 Å². The second-order valence-corrected chi connectivity index (χ2v) is 6.98. The molecule has 0 bridgehead atoms. The minimum Gasteiger partial charge on any atom is -0.496 e. The van der Waals surface area contributed by atoms with Crippen LogP contribution in [0.3, 0.4) is 0 Å². The van der Waals surface area contributed by atoms with E-state index >= 15 is 0 Å². The monoisotopic (exact) mass is 433 g/mol. The molecule has 0 unspecified atom stereocenters. The topological polar surface area (TPSA) is 119 Å². The molecule has 2 aromatic rings. The summed E-state index contributed by atoms with van der Waals surface area (Å²) in [6.45, 7) is 3.48. The van der Waals surface area contributed by atoms with Crippen molar-refractivity contribution in [3.05, 3.63) is 30.0 Å². The molecule has 1 aliphatic heterocycles. The molecule has 2 heterocycles. The summed E-state index contributed by atoms with van der Waals surface area (Å²) in [6.07, 6.45) is -2.01. The molecular weight excluding hydrogens is 410 g/mol. The van der Waals surface area contributed by atoms with Crippen LogP contribution < -0.4 is 4.74 Å². The zero-order valence-electron chi connectivity index (χ0n) is 17.5. The van der Waals surface area contributed by atoms with Gasteiger partial charge >= 0.3 is 17.9 Å². The molecule has 0 saturated carbocycles. The lowest BCUT2D eigenvalue weighted by Crippen LogP contribution is -2.55. The smallest absolute Gasteiger partial charge is 0.303 e. The SMILES string of the molecule is COc1cccc2c1c(C=O)cn2[C@@H]1OC[C@@H](OC(C)=O)[C@H](OC(C)=O)[C@H]1OC(C)=O. The number of carbonyl (C=O) groups excluding carboxylic acids is 4. The number of ether oxygens (including phenoxy) is 5. The van der Waals surface area contributed by atoms with Gasteiger partial charge in [-0.1, -0.05) is 6.07 Å². The van der Waals surface area contributed by atoms with Gasteiger partial charge in [0, 0.05) is 32.5 Å². The minimum absolute atomic E-state index is 0.125. The summed E-state index contributed by atoms with van der Waals surface area (Å²) in [5.41, 5.74) is 0.917. The summed E-state index contributed by atoms with van der Waals surface area (Å²) in [7, 11) is 1.49. The number of aldehydes is 1. The number of aromatic nitrogens is 1. The van der Waals surface area contributed by atoms with Gasteiger partial charge in [0.05, 0.1) is 24.6 Å². The Hall–Kier alpha value is -3.40. The van der Waals surface area contributed by atoms with Crippen molar-refractivity contribution in [2.75, 3.05) is 13.7 Å². The highest BCUT2D eigenvalue weighted by Gasteiger charge is 2.48. The average molecular weight is 433 g/mol. The Kier molecular flexibility index (Phi) is 6.59. The standard InChI is InChI=1S/C21H23NO9/c1-11(24)29-17-10-28-21(20(31-13(3)26)19(17)30-12(2)25)22-8-14(9-23)18-15(22)6-5-7-16(18)27-4/h5-9,17,19-21H,10H2,1-4H3/t17-,19+,20-,21-/m1/s1. The Morgan fingerprint density at radius 2 is 1.68 bits per heavy atom. The molecule has 4 atom stereocenters. The first-order valence-corrected chi connectivity index (χ1v) is 9.52. The van der Waals surface area contributed by atoms with E-state index in [1.54, 1.807) is 29.0 Å². The van der Waals surface area contributed by atoms with E-state index in [0.717, 1.165) is 0 Å². The lowest BCUT2D eigenvalue weighted by atomic mass is 10.0. The number of carbonyl (C=O) groups is 4. The molecule has 1 aromatic heterocycles. The van der Waals surface area contributed by atoms with Gasteiger partial charge in [-0.15, -0.1) is 0 Å². The zero-order valence-corrected chi connectivity index (χ0v) is 17.5. The summed E-state index contributed by atoms with van der Waals surface area (Å²) in [5, 5.41) is 0.552. The number of esters is 3. The van der Waals surface area contributed by atoms with E-state index in [4.69, 9.17) is 23.7 Å². The van der Waals surface area contributed by atoms with Gasteiger partial charge in [0.15, 0.2) is 30.8 Å². The number of benzene rings is 1. The van der Waals surface area contributed by atoms with Crippen LogP contribution in [0.15, 0.2) is 24.4 Å². The highest BCUT2D eigenvalue weighted by molar-refractivity contribution is 6.01. The summed E-state index contributed by atoms with van der Waals surface area (Å²) in [5.74, 6) is -1.42. The fraction of sp³-hybridized carbons (Fsp3) is 0.429. The Labute approximate surface area is 177 Å². The molecule has 3 rings (SSSR count). The molecule has 10 nitrogen and oxygen atoms in total. The number of rotatable bonds is 6. The van der Waals surface area contributed by atoms with Crippen LogP contribution in [0.2, 0.25) is 0 Å². The van der Waals surface area contributed by atoms with Crippen molar-refractivity contribution >= 4 is 35.1 Å². The number of hydrogen-bond donors (Lipinski definition) is 0. The van der Waals surface area contributed by atoms with E-state index in [0.29, 0.717) is 28.5 Å². The van der Waals surface area contributed by atoms with E-state index in [1.165, 1.54) is 27.9 Å². The second kappa shape index (κ2) is 9.17. The van der Waals surface area contributed by atoms with Gasteiger partial charge < -0.3 is 28.3 Å². The molecule has 1 aromatic carbocycles. The molecule has 1 saturated heterocycles. The summed E-state index contributed by atoms with van der Waals surface area (Å²) in [4.78, 5) is 46.8. The fourth-order valence-corrected chi connectivity index (χ4v) is 3.74. The van der Waals surface area contributed by atoms with Gasteiger partial charge in [-0.25, -0.2) is 0 Å². The minimum atomic E-state index is -1.15. The molecule has 0 radical (unpaired) electrons. The molecule has 10 heteroatoms. The Morgan fingerprint density at radius 1 is 1.03 bits per heavy atom. The molecule has 166 valence electrons. The van der Waals surface area contributed by atoms with Crippen molar-refractivity contribution in [3.8, 4) is 5.75 Å². The Morgan fingerprint density at radius 3 is 2.26 bits per heavy atom. The van der Waals surface area contributed by atoms with E-state index in [-0.39, 0.29) is 6.61 Å². The number of nitrogens with zero attached hydrogens (tertiary/aromatic N) is 1. The molecule has 1 fully saturated rings. The van der Waals surface area contributed by atoms with Crippen molar-refractivity contribution in [1.82, 2.24) is 4.57 Å². The van der Waals surface area contributed by atoms with Crippen molar-refractivity contribution in [3.63, 3.8) is 0 Å². The number of hydrogen-bond acceptors (Lipinski definition) is 9. The number of methoxy groups -OCH3 is 1. The maximum atomic E-state index is 11.9. The lowest BCUT2D eigenvalue weighted by molar-refractivity contribution is -0.239. The predicted molar refractivity (Wildman–Crippen MR) is 106 cm³/mol. The second-order valence-electron chi connectivity index (χ2n) is 6.98. The first-order chi connectivity index (χ1) is 14.8. The third kappa shape index (κ3) is 4.53. The van der Waals surface area contributed by atoms with Crippen LogP contribution >= 0.6 is 0 Å². The summed E-state index contributed by atoms with van der Waals surface area (Å²) < 4.78 is 29.0. The highest BCUT2D eigenvalue weighted by Crippen LogP contribution is 2.37. The van der Waals surface area contributed by atoms with Crippen molar-refractivity contribution in [2.45, 2.75) is 45.3 Å².